The van der Waals surface area contributed by atoms with Crippen molar-refractivity contribution in [2.75, 3.05) is 6.61 Å². The number of carbonyl (C=O) groups is 3. The van der Waals surface area contributed by atoms with E-state index in [2.05, 4.69) is 6.92 Å². The zero-order valence-electron chi connectivity index (χ0n) is 14.8. The highest BCUT2D eigenvalue weighted by atomic mass is 16.6. The molecule has 5 heteroatoms. The van der Waals surface area contributed by atoms with Crippen LogP contribution in [0.3, 0.4) is 0 Å². The van der Waals surface area contributed by atoms with Gasteiger partial charge in [-0.25, -0.2) is 9.59 Å². The Hall–Kier alpha value is -2.95. The summed E-state index contributed by atoms with van der Waals surface area (Å²) in [4.78, 5) is 35.7. The van der Waals surface area contributed by atoms with Gasteiger partial charge in [-0.1, -0.05) is 49.7 Å². The maximum Gasteiger partial charge on any atom is 0.345 e. The second-order valence-electron chi connectivity index (χ2n) is 5.77. The molecule has 2 aromatic carbocycles. The molecule has 2 aromatic rings. The van der Waals surface area contributed by atoms with E-state index in [-0.39, 0.29) is 13.0 Å². The summed E-state index contributed by atoms with van der Waals surface area (Å²) in [5, 5.41) is 0. The third kappa shape index (κ3) is 5.84. The van der Waals surface area contributed by atoms with Crippen molar-refractivity contribution in [3.8, 4) is 0 Å². The molecule has 26 heavy (non-hydrogen) atoms. The normalized spacial score (nSPS) is 10.2. The standard InChI is InChI=1S/C21H22O5/c1-2-3-9-16-10-7-8-13-18(16)21(24)25-15-14-19(22)26-20(23)17-11-5-4-6-12-17/h4-8,10-13H,2-3,9,14-15H2,1H3. The minimum Gasteiger partial charge on any atom is -0.461 e. The Bertz CT molecular complexity index is 752. The van der Waals surface area contributed by atoms with E-state index in [0.29, 0.717) is 11.1 Å². The maximum absolute atomic E-state index is 12.2. The van der Waals surface area contributed by atoms with Crippen LogP contribution >= 0.6 is 0 Å². The number of benzene rings is 2. The summed E-state index contributed by atoms with van der Waals surface area (Å²) < 4.78 is 9.89. The van der Waals surface area contributed by atoms with Crippen molar-refractivity contribution in [2.45, 2.75) is 32.6 Å². The van der Waals surface area contributed by atoms with Crippen LogP contribution in [0, 0.1) is 0 Å². The quantitative estimate of drug-likeness (QED) is 0.530. The van der Waals surface area contributed by atoms with Crippen LogP contribution in [0.15, 0.2) is 54.6 Å². The van der Waals surface area contributed by atoms with Gasteiger partial charge in [0.1, 0.15) is 6.61 Å². The van der Waals surface area contributed by atoms with Crippen LogP contribution in [0.25, 0.3) is 0 Å². The molecule has 0 aromatic heterocycles. The van der Waals surface area contributed by atoms with E-state index < -0.39 is 17.9 Å². The summed E-state index contributed by atoms with van der Waals surface area (Å²) >= 11 is 0. The van der Waals surface area contributed by atoms with Crippen molar-refractivity contribution in [1.82, 2.24) is 0 Å². The van der Waals surface area contributed by atoms with Crippen molar-refractivity contribution in [2.24, 2.45) is 0 Å². The fraction of sp³-hybridized carbons (Fsp3) is 0.286. The predicted octanol–water partition coefficient (Wildman–Crippen LogP) is 3.96. The molecule has 136 valence electrons. The number of hydrogen-bond donors (Lipinski definition) is 0. The Balaban J connectivity index is 1.81. The lowest BCUT2D eigenvalue weighted by atomic mass is 10.0. The molecule has 0 aliphatic carbocycles. The highest BCUT2D eigenvalue weighted by Crippen LogP contribution is 2.13. The summed E-state index contributed by atoms with van der Waals surface area (Å²) in [6.07, 6.45) is 2.64. The molecule has 0 spiro atoms. The van der Waals surface area contributed by atoms with Gasteiger partial charge in [0.05, 0.1) is 17.5 Å². The smallest absolute Gasteiger partial charge is 0.345 e. The van der Waals surface area contributed by atoms with Crippen LogP contribution in [0.4, 0.5) is 0 Å². The predicted molar refractivity (Wildman–Crippen MR) is 96.8 cm³/mol. The topological polar surface area (TPSA) is 69.7 Å². The van der Waals surface area contributed by atoms with Gasteiger partial charge in [-0.05, 0) is 36.6 Å². The molecule has 0 N–H and O–H groups in total. The molecule has 0 saturated carbocycles. The van der Waals surface area contributed by atoms with Crippen LogP contribution in [0.1, 0.15) is 52.5 Å². The fourth-order valence-electron chi connectivity index (χ4n) is 2.40. The second kappa shape index (κ2) is 10.1. The third-order valence-corrected chi connectivity index (χ3v) is 3.79. The summed E-state index contributed by atoms with van der Waals surface area (Å²) in [7, 11) is 0. The van der Waals surface area contributed by atoms with Gasteiger partial charge in [-0.3, -0.25) is 4.79 Å². The van der Waals surface area contributed by atoms with Crippen LogP contribution < -0.4 is 0 Å². The number of esters is 3. The van der Waals surface area contributed by atoms with Crippen LogP contribution in [-0.2, 0) is 20.7 Å². The molecule has 0 unspecified atom stereocenters. The minimum absolute atomic E-state index is 0.137. The third-order valence-electron chi connectivity index (χ3n) is 3.79. The van der Waals surface area contributed by atoms with E-state index >= 15 is 0 Å². The zero-order chi connectivity index (χ0) is 18.8. The molecule has 0 fully saturated rings. The zero-order valence-corrected chi connectivity index (χ0v) is 14.8. The summed E-state index contributed by atoms with van der Waals surface area (Å²) in [5.74, 6) is -1.92. The molecule has 0 heterocycles. The average Bonchev–Trinajstić information content (AvgIpc) is 2.67. The molecular formula is C21H22O5. The van der Waals surface area contributed by atoms with Gasteiger partial charge < -0.3 is 9.47 Å². The number of rotatable bonds is 8. The van der Waals surface area contributed by atoms with Crippen molar-refractivity contribution in [1.29, 1.82) is 0 Å². The molecular weight excluding hydrogens is 332 g/mol. The summed E-state index contributed by atoms with van der Waals surface area (Å²) in [6, 6.07) is 15.5. The molecule has 0 radical (unpaired) electrons. The number of ether oxygens (including phenoxy) is 2. The van der Waals surface area contributed by atoms with Gasteiger partial charge in [-0.15, -0.1) is 0 Å². The maximum atomic E-state index is 12.2. The van der Waals surface area contributed by atoms with E-state index in [0.717, 1.165) is 24.8 Å². The van der Waals surface area contributed by atoms with Gasteiger partial charge in [-0.2, -0.15) is 0 Å². The first-order valence-corrected chi connectivity index (χ1v) is 8.67. The molecule has 5 nitrogen and oxygen atoms in total. The molecule has 0 atom stereocenters. The molecule has 0 aliphatic heterocycles. The van der Waals surface area contributed by atoms with Crippen LogP contribution in [-0.4, -0.2) is 24.5 Å². The number of unbranched alkanes of at least 4 members (excludes halogenated alkanes) is 1. The fourth-order valence-corrected chi connectivity index (χ4v) is 2.40. The summed E-state index contributed by atoms with van der Waals surface area (Å²) in [6.45, 7) is 1.95. The largest absolute Gasteiger partial charge is 0.461 e. The highest BCUT2D eigenvalue weighted by Gasteiger charge is 2.15. The van der Waals surface area contributed by atoms with E-state index in [9.17, 15) is 14.4 Å². The second-order valence-corrected chi connectivity index (χ2v) is 5.77. The van der Waals surface area contributed by atoms with E-state index in [1.165, 1.54) is 0 Å². The molecule has 0 saturated heterocycles. The lowest BCUT2D eigenvalue weighted by Gasteiger charge is -2.09. The van der Waals surface area contributed by atoms with Crippen molar-refractivity contribution in [3.63, 3.8) is 0 Å². The SMILES string of the molecule is CCCCc1ccccc1C(=O)OCCC(=O)OC(=O)c1ccccc1. The van der Waals surface area contributed by atoms with Crippen molar-refractivity contribution >= 4 is 17.9 Å². The Morgan fingerprint density at radius 3 is 2.31 bits per heavy atom. The van der Waals surface area contributed by atoms with Gasteiger partial charge in [0, 0.05) is 0 Å². The van der Waals surface area contributed by atoms with Crippen molar-refractivity contribution in [3.05, 3.63) is 71.3 Å². The lowest BCUT2D eigenvalue weighted by Crippen LogP contribution is -2.16. The van der Waals surface area contributed by atoms with Gasteiger partial charge >= 0.3 is 17.9 Å². The monoisotopic (exact) mass is 354 g/mol. The van der Waals surface area contributed by atoms with Gasteiger partial charge in [0.2, 0.25) is 0 Å². The van der Waals surface area contributed by atoms with E-state index in [1.807, 2.05) is 12.1 Å². The summed E-state index contributed by atoms with van der Waals surface area (Å²) in [5.41, 5.74) is 1.73. The van der Waals surface area contributed by atoms with Gasteiger partial charge in [0.15, 0.2) is 0 Å². The number of aryl methyl sites for hydroxylation is 1. The van der Waals surface area contributed by atoms with Crippen LogP contribution in [0.2, 0.25) is 0 Å². The Kier molecular flexibility index (Phi) is 7.55. The highest BCUT2D eigenvalue weighted by molar-refractivity contribution is 5.97. The first-order chi connectivity index (χ1) is 12.6. The van der Waals surface area contributed by atoms with Crippen molar-refractivity contribution < 1.29 is 23.9 Å². The van der Waals surface area contributed by atoms with Crippen LogP contribution in [0.5, 0.6) is 0 Å². The van der Waals surface area contributed by atoms with E-state index in [1.54, 1.807) is 42.5 Å². The number of carbonyl (C=O) groups excluding carboxylic acids is 3. The Labute approximate surface area is 152 Å². The molecule has 2 rings (SSSR count). The first kappa shape index (κ1) is 19.4. The Morgan fingerprint density at radius 2 is 1.58 bits per heavy atom. The lowest BCUT2D eigenvalue weighted by molar-refractivity contribution is -0.138. The molecule has 0 amide bonds. The first-order valence-electron chi connectivity index (χ1n) is 8.67. The average molecular weight is 354 g/mol. The number of hydrogen-bond acceptors (Lipinski definition) is 5. The molecule has 0 bridgehead atoms. The molecule has 0 aliphatic rings. The van der Waals surface area contributed by atoms with Gasteiger partial charge in [0.25, 0.3) is 0 Å². The minimum atomic E-state index is -0.731. The van der Waals surface area contributed by atoms with E-state index in [4.69, 9.17) is 9.47 Å². The Morgan fingerprint density at radius 1 is 0.885 bits per heavy atom.